The van der Waals surface area contributed by atoms with Gasteiger partial charge in [-0.2, -0.15) is 0 Å². The minimum atomic E-state index is -0.178. The molecule has 20 heavy (non-hydrogen) atoms. The lowest BCUT2D eigenvalue weighted by molar-refractivity contribution is -0.145. The summed E-state index contributed by atoms with van der Waals surface area (Å²) in [6, 6.07) is 5.48. The average molecular weight is 310 g/mol. The van der Waals surface area contributed by atoms with Crippen molar-refractivity contribution in [3.8, 4) is 0 Å². The van der Waals surface area contributed by atoms with Gasteiger partial charge in [0, 0.05) is 16.1 Å². The first-order valence-corrected chi connectivity index (χ1v) is 7.20. The van der Waals surface area contributed by atoms with Gasteiger partial charge < -0.3 is 4.74 Å². The van der Waals surface area contributed by atoms with E-state index in [1.807, 2.05) is 12.1 Å². The minimum Gasteiger partial charge on any atom is -0.469 e. The first kappa shape index (κ1) is 13.7. The number of carbonyl (C=O) groups excluding carboxylic acids is 1. The van der Waals surface area contributed by atoms with Gasteiger partial charge >= 0.3 is 5.97 Å². The van der Waals surface area contributed by atoms with Crippen LogP contribution in [0, 0.1) is 5.92 Å². The van der Waals surface area contributed by atoms with Crippen LogP contribution in [0.3, 0.4) is 0 Å². The molecule has 1 aromatic heterocycles. The van der Waals surface area contributed by atoms with Crippen LogP contribution >= 0.6 is 23.2 Å². The predicted octanol–water partition coefficient (Wildman–Crippen LogP) is 3.82. The van der Waals surface area contributed by atoms with Gasteiger partial charge in [0.15, 0.2) is 0 Å². The number of carbonyl (C=O) groups is 1. The number of methoxy groups -OCH3 is 1. The fourth-order valence-corrected chi connectivity index (χ4v) is 3.24. The summed E-state index contributed by atoms with van der Waals surface area (Å²) in [7, 11) is 1.42. The van der Waals surface area contributed by atoms with E-state index in [1.54, 1.807) is 6.07 Å². The van der Waals surface area contributed by atoms with E-state index < -0.39 is 0 Å². The summed E-state index contributed by atoms with van der Waals surface area (Å²) in [5.74, 6) is -0.306. The lowest BCUT2D eigenvalue weighted by atomic mass is 9.86. The highest BCUT2D eigenvalue weighted by molar-refractivity contribution is 6.37. The molecule has 0 aliphatic heterocycles. The molecule has 104 valence electrons. The number of pyridine rings is 1. The first-order valence-electron chi connectivity index (χ1n) is 6.44. The van der Waals surface area contributed by atoms with Crippen LogP contribution in [0.25, 0.3) is 10.9 Å². The van der Waals surface area contributed by atoms with Crippen LogP contribution in [0.15, 0.2) is 18.2 Å². The van der Waals surface area contributed by atoms with Gasteiger partial charge in [0.05, 0.1) is 23.6 Å². The van der Waals surface area contributed by atoms with Gasteiger partial charge in [-0.1, -0.05) is 23.2 Å². The minimum absolute atomic E-state index is 0.128. The molecule has 0 saturated heterocycles. The molecule has 0 N–H and O–H groups in total. The van der Waals surface area contributed by atoms with Gasteiger partial charge in [-0.3, -0.25) is 9.78 Å². The molecule has 1 aliphatic carbocycles. The number of hydrogen-bond acceptors (Lipinski definition) is 3. The number of hydrogen-bond donors (Lipinski definition) is 0. The number of rotatable bonds is 1. The molecule has 1 aliphatic rings. The molecule has 1 atom stereocenters. The SMILES string of the molecule is COC(=O)C1CCc2nc3cc(Cl)ccc3c(Cl)c2C1. The van der Waals surface area contributed by atoms with Gasteiger partial charge in [-0.05, 0) is 43.0 Å². The van der Waals surface area contributed by atoms with E-state index in [1.165, 1.54) is 7.11 Å². The number of benzene rings is 1. The summed E-state index contributed by atoms with van der Waals surface area (Å²) in [6.45, 7) is 0. The zero-order chi connectivity index (χ0) is 14.3. The fourth-order valence-electron chi connectivity index (χ4n) is 2.73. The molecule has 0 amide bonds. The van der Waals surface area contributed by atoms with Crippen LogP contribution in [0.1, 0.15) is 17.7 Å². The Bertz CT molecular complexity index is 700. The standard InChI is InChI=1S/C15H13Cl2NO2/c1-20-15(19)8-2-5-12-11(6-8)14(17)10-4-3-9(16)7-13(10)18-12/h3-4,7-8H,2,5-6H2,1H3. The zero-order valence-corrected chi connectivity index (χ0v) is 12.5. The second kappa shape index (κ2) is 5.23. The monoisotopic (exact) mass is 309 g/mol. The molecule has 0 saturated carbocycles. The van der Waals surface area contributed by atoms with Crippen LogP contribution in [0.5, 0.6) is 0 Å². The van der Waals surface area contributed by atoms with E-state index in [0.29, 0.717) is 16.5 Å². The summed E-state index contributed by atoms with van der Waals surface area (Å²) < 4.78 is 4.83. The number of nitrogens with zero attached hydrogens (tertiary/aromatic N) is 1. The Kier molecular flexibility index (Phi) is 3.57. The van der Waals surface area contributed by atoms with Gasteiger partial charge in [0.1, 0.15) is 0 Å². The number of aryl methyl sites for hydroxylation is 1. The molecule has 5 heteroatoms. The van der Waals surface area contributed by atoms with E-state index in [4.69, 9.17) is 27.9 Å². The van der Waals surface area contributed by atoms with E-state index in [0.717, 1.165) is 35.0 Å². The van der Waals surface area contributed by atoms with Gasteiger partial charge in [0.2, 0.25) is 0 Å². The third-order valence-electron chi connectivity index (χ3n) is 3.78. The van der Waals surface area contributed by atoms with Gasteiger partial charge in [0.25, 0.3) is 0 Å². The Hall–Kier alpha value is -1.32. The number of fused-ring (bicyclic) bond motifs is 2. The Morgan fingerprint density at radius 1 is 1.40 bits per heavy atom. The van der Waals surface area contributed by atoms with Crippen molar-refractivity contribution in [1.29, 1.82) is 0 Å². The number of halogens is 2. The summed E-state index contributed by atoms with van der Waals surface area (Å²) in [5.41, 5.74) is 2.73. The molecular formula is C15H13Cl2NO2. The number of aromatic nitrogens is 1. The van der Waals surface area contributed by atoms with E-state index >= 15 is 0 Å². The Labute approximate surface area is 126 Å². The van der Waals surface area contributed by atoms with Gasteiger partial charge in [-0.15, -0.1) is 0 Å². The predicted molar refractivity (Wildman–Crippen MR) is 79.3 cm³/mol. The van der Waals surface area contributed by atoms with E-state index in [2.05, 4.69) is 4.98 Å². The van der Waals surface area contributed by atoms with Crippen LogP contribution in [0.4, 0.5) is 0 Å². The van der Waals surface area contributed by atoms with Crippen LogP contribution in [0.2, 0.25) is 10.0 Å². The van der Waals surface area contributed by atoms with Crippen molar-refractivity contribution in [2.24, 2.45) is 5.92 Å². The highest BCUT2D eigenvalue weighted by atomic mass is 35.5. The van der Waals surface area contributed by atoms with Crippen molar-refractivity contribution in [2.75, 3.05) is 7.11 Å². The van der Waals surface area contributed by atoms with Crippen molar-refractivity contribution in [3.05, 3.63) is 39.5 Å². The van der Waals surface area contributed by atoms with E-state index in [9.17, 15) is 4.79 Å². The number of ether oxygens (including phenoxy) is 1. The third kappa shape index (κ3) is 2.25. The third-order valence-corrected chi connectivity index (χ3v) is 4.45. The second-order valence-electron chi connectivity index (χ2n) is 4.98. The number of esters is 1. The Morgan fingerprint density at radius 3 is 2.95 bits per heavy atom. The Morgan fingerprint density at radius 2 is 2.20 bits per heavy atom. The van der Waals surface area contributed by atoms with Crippen LogP contribution < -0.4 is 0 Å². The molecule has 3 nitrogen and oxygen atoms in total. The zero-order valence-electron chi connectivity index (χ0n) is 11.0. The summed E-state index contributed by atoms with van der Waals surface area (Å²) in [4.78, 5) is 16.3. The molecule has 1 unspecified atom stereocenters. The maximum atomic E-state index is 11.7. The fraction of sp³-hybridized carbons (Fsp3) is 0.333. The summed E-state index contributed by atoms with van der Waals surface area (Å²) in [5, 5.41) is 2.19. The quantitative estimate of drug-likeness (QED) is 0.752. The van der Waals surface area contributed by atoms with Crippen LogP contribution in [-0.4, -0.2) is 18.1 Å². The lowest BCUT2D eigenvalue weighted by Gasteiger charge is -2.23. The van der Waals surface area contributed by atoms with Crippen molar-refractivity contribution < 1.29 is 9.53 Å². The van der Waals surface area contributed by atoms with Crippen molar-refractivity contribution in [2.45, 2.75) is 19.3 Å². The van der Waals surface area contributed by atoms with Gasteiger partial charge in [-0.25, -0.2) is 0 Å². The first-order chi connectivity index (χ1) is 9.60. The highest BCUT2D eigenvalue weighted by Crippen LogP contribution is 2.35. The average Bonchev–Trinajstić information content (AvgIpc) is 2.46. The lowest BCUT2D eigenvalue weighted by Crippen LogP contribution is -2.24. The van der Waals surface area contributed by atoms with Crippen molar-refractivity contribution in [3.63, 3.8) is 0 Å². The molecule has 1 heterocycles. The smallest absolute Gasteiger partial charge is 0.309 e. The molecular weight excluding hydrogens is 297 g/mol. The molecule has 0 radical (unpaired) electrons. The molecule has 0 bridgehead atoms. The summed E-state index contributed by atoms with van der Waals surface area (Å²) >= 11 is 12.5. The Balaban J connectivity index is 2.10. The van der Waals surface area contributed by atoms with Crippen molar-refractivity contribution >= 4 is 40.1 Å². The second-order valence-corrected chi connectivity index (χ2v) is 5.79. The maximum absolute atomic E-state index is 11.7. The topological polar surface area (TPSA) is 39.2 Å². The molecule has 3 rings (SSSR count). The largest absolute Gasteiger partial charge is 0.469 e. The maximum Gasteiger partial charge on any atom is 0.309 e. The molecule has 2 aromatic rings. The van der Waals surface area contributed by atoms with Crippen LogP contribution in [-0.2, 0) is 22.4 Å². The molecule has 1 aromatic carbocycles. The molecule has 0 fully saturated rings. The van der Waals surface area contributed by atoms with E-state index in [-0.39, 0.29) is 11.9 Å². The summed E-state index contributed by atoms with van der Waals surface area (Å²) in [6.07, 6.45) is 2.07. The highest BCUT2D eigenvalue weighted by Gasteiger charge is 2.28. The van der Waals surface area contributed by atoms with Crippen molar-refractivity contribution in [1.82, 2.24) is 4.98 Å². The normalized spacial score (nSPS) is 17.9. The molecule has 0 spiro atoms.